The molecule has 0 fully saturated rings. The van der Waals surface area contributed by atoms with Crippen LogP contribution in [-0.4, -0.2) is 15.0 Å². The first-order chi connectivity index (χ1) is 12.9. The van der Waals surface area contributed by atoms with E-state index < -0.39 is 0 Å². The minimum atomic E-state index is -0.0231. The maximum absolute atomic E-state index is 4.44. The summed E-state index contributed by atoms with van der Waals surface area (Å²) in [6.07, 6.45) is 0.840. The summed E-state index contributed by atoms with van der Waals surface area (Å²) < 4.78 is 1.98. The smallest absolute Gasteiger partial charge is 0.144 e. The van der Waals surface area contributed by atoms with E-state index in [0.29, 0.717) is 0 Å². The molecular formula is C21H21N5. The van der Waals surface area contributed by atoms with Crippen molar-refractivity contribution in [2.45, 2.75) is 19.5 Å². The largest absolute Gasteiger partial charge is 0.296 e. The van der Waals surface area contributed by atoms with Crippen LogP contribution in [0, 0.1) is 0 Å². The van der Waals surface area contributed by atoms with Crippen molar-refractivity contribution in [3.8, 4) is 0 Å². The van der Waals surface area contributed by atoms with E-state index in [4.69, 9.17) is 0 Å². The standard InChI is InChI=1S/C21H21N5/c1-2-21(26-20-16-10-9-15-19(20)22-24-26)25(18-13-7-4-8-14-18)23-17-11-5-3-6-12-17/h3-16,21,23H,2H2,1H3. The zero-order valence-electron chi connectivity index (χ0n) is 14.7. The number of hydrazine groups is 1. The molecule has 0 spiro atoms. The third-order valence-corrected chi connectivity index (χ3v) is 4.38. The summed E-state index contributed by atoms with van der Waals surface area (Å²) in [6.45, 7) is 2.16. The predicted octanol–water partition coefficient (Wildman–Crippen LogP) is 4.87. The highest BCUT2D eigenvalue weighted by atomic mass is 15.6. The minimum absolute atomic E-state index is 0.0231. The first-order valence-corrected chi connectivity index (χ1v) is 8.82. The Balaban J connectivity index is 1.78. The van der Waals surface area contributed by atoms with Gasteiger partial charge in [0, 0.05) is 0 Å². The highest BCUT2D eigenvalue weighted by Gasteiger charge is 2.22. The number of rotatable bonds is 6. The predicted molar refractivity (Wildman–Crippen MR) is 106 cm³/mol. The van der Waals surface area contributed by atoms with Gasteiger partial charge in [-0.15, -0.1) is 5.10 Å². The van der Waals surface area contributed by atoms with E-state index in [0.717, 1.165) is 28.8 Å². The molecule has 0 aliphatic rings. The molecule has 0 aliphatic carbocycles. The first-order valence-electron chi connectivity index (χ1n) is 8.82. The van der Waals surface area contributed by atoms with Crippen molar-refractivity contribution in [3.63, 3.8) is 0 Å². The Morgan fingerprint density at radius 1 is 0.885 bits per heavy atom. The Hall–Kier alpha value is -3.34. The molecule has 1 heterocycles. The van der Waals surface area contributed by atoms with Crippen molar-refractivity contribution in [2.24, 2.45) is 0 Å². The molecule has 1 N–H and O–H groups in total. The molecule has 1 unspecified atom stereocenters. The summed E-state index contributed by atoms with van der Waals surface area (Å²) in [5.41, 5.74) is 7.57. The number of hydrogen-bond acceptors (Lipinski definition) is 4. The van der Waals surface area contributed by atoms with Crippen molar-refractivity contribution in [1.29, 1.82) is 0 Å². The molecule has 0 amide bonds. The molecule has 26 heavy (non-hydrogen) atoms. The van der Waals surface area contributed by atoms with E-state index in [1.165, 1.54) is 0 Å². The second kappa shape index (κ2) is 7.27. The third-order valence-electron chi connectivity index (χ3n) is 4.38. The number of anilines is 2. The lowest BCUT2D eigenvalue weighted by atomic mass is 10.2. The summed E-state index contributed by atoms with van der Waals surface area (Å²) in [5, 5.41) is 10.9. The van der Waals surface area contributed by atoms with E-state index >= 15 is 0 Å². The molecule has 0 aliphatic heterocycles. The fourth-order valence-electron chi connectivity index (χ4n) is 3.12. The van der Waals surface area contributed by atoms with Crippen molar-refractivity contribution in [3.05, 3.63) is 84.9 Å². The average Bonchev–Trinajstić information content (AvgIpc) is 3.13. The van der Waals surface area contributed by atoms with Gasteiger partial charge in [-0.2, -0.15) is 0 Å². The SMILES string of the molecule is CCC(N(Nc1ccccc1)c1ccccc1)n1nnc2ccccc21. The van der Waals surface area contributed by atoms with E-state index in [2.05, 4.69) is 58.0 Å². The van der Waals surface area contributed by atoms with Gasteiger partial charge in [0.2, 0.25) is 0 Å². The molecule has 1 atom stereocenters. The third kappa shape index (κ3) is 3.11. The van der Waals surface area contributed by atoms with Gasteiger partial charge in [0.25, 0.3) is 0 Å². The number of fused-ring (bicyclic) bond motifs is 1. The average molecular weight is 343 g/mol. The van der Waals surface area contributed by atoms with Gasteiger partial charge in [-0.3, -0.25) is 10.4 Å². The highest BCUT2D eigenvalue weighted by Crippen LogP contribution is 2.28. The van der Waals surface area contributed by atoms with Gasteiger partial charge < -0.3 is 0 Å². The molecule has 130 valence electrons. The molecule has 4 rings (SSSR count). The zero-order valence-corrected chi connectivity index (χ0v) is 14.7. The number of nitrogens with zero attached hydrogens (tertiary/aromatic N) is 4. The molecule has 4 aromatic rings. The van der Waals surface area contributed by atoms with Crippen molar-refractivity contribution in [1.82, 2.24) is 15.0 Å². The van der Waals surface area contributed by atoms with Crippen molar-refractivity contribution < 1.29 is 0 Å². The van der Waals surface area contributed by atoms with Crippen LogP contribution in [0.4, 0.5) is 11.4 Å². The Labute approximate surface area is 152 Å². The monoisotopic (exact) mass is 343 g/mol. The van der Waals surface area contributed by atoms with Crippen LogP contribution in [0.5, 0.6) is 0 Å². The fraction of sp³-hybridized carbons (Fsp3) is 0.143. The molecule has 3 aromatic carbocycles. The number of aromatic nitrogens is 3. The number of hydrogen-bond donors (Lipinski definition) is 1. The second-order valence-corrected chi connectivity index (χ2v) is 6.09. The normalized spacial score (nSPS) is 12.0. The summed E-state index contributed by atoms with van der Waals surface area (Å²) in [4.78, 5) is 0. The summed E-state index contributed by atoms with van der Waals surface area (Å²) >= 11 is 0. The second-order valence-electron chi connectivity index (χ2n) is 6.09. The van der Waals surface area contributed by atoms with Gasteiger partial charge in [0.05, 0.1) is 16.9 Å². The van der Waals surface area contributed by atoms with Crippen LogP contribution < -0.4 is 10.4 Å². The quantitative estimate of drug-likeness (QED) is 0.507. The molecule has 0 bridgehead atoms. The van der Waals surface area contributed by atoms with E-state index in [1.807, 2.05) is 59.3 Å². The van der Waals surface area contributed by atoms with Gasteiger partial charge in [-0.25, -0.2) is 4.68 Å². The lowest BCUT2D eigenvalue weighted by Gasteiger charge is -2.34. The lowest BCUT2D eigenvalue weighted by Crippen LogP contribution is -2.37. The maximum Gasteiger partial charge on any atom is 0.144 e. The number of nitrogens with one attached hydrogen (secondary N) is 1. The molecule has 5 nitrogen and oxygen atoms in total. The topological polar surface area (TPSA) is 46.0 Å². The fourth-order valence-corrected chi connectivity index (χ4v) is 3.12. The molecular weight excluding hydrogens is 322 g/mol. The Bertz CT molecular complexity index is 965. The Morgan fingerprint density at radius 3 is 2.27 bits per heavy atom. The van der Waals surface area contributed by atoms with E-state index in [1.54, 1.807) is 0 Å². The summed E-state index contributed by atoms with van der Waals surface area (Å²) in [7, 11) is 0. The van der Waals surface area contributed by atoms with Crippen LogP contribution in [-0.2, 0) is 0 Å². The van der Waals surface area contributed by atoms with Gasteiger partial charge in [-0.1, -0.05) is 60.7 Å². The van der Waals surface area contributed by atoms with Crippen LogP contribution in [0.2, 0.25) is 0 Å². The highest BCUT2D eigenvalue weighted by molar-refractivity contribution is 5.74. The van der Waals surface area contributed by atoms with Crippen LogP contribution >= 0.6 is 0 Å². The van der Waals surface area contributed by atoms with Gasteiger partial charge in [0.1, 0.15) is 11.7 Å². The number of benzene rings is 3. The van der Waals surface area contributed by atoms with E-state index in [-0.39, 0.29) is 6.17 Å². The Morgan fingerprint density at radius 2 is 1.54 bits per heavy atom. The molecule has 5 heteroatoms. The number of para-hydroxylation sites is 3. The summed E-state index contributed by atoms with van der Waals surface area (Å²) in [6, 6.07) is 28.5. The Kier molecular flexibility index (Phi) is 4.51. The van der Waals surface area contributed by atoms with Crippen molar-refractivity contribution >= 4 is 22.4 Å². The first kappa shape index (κ1) is 16.1. The van der Waals surface area contributed by atoms with Crippen LogP contribution in [0.25, 0.3) is 11.0 Å². The molecule has 1 aromatic heterocycles. The van der Waals surface area contributed by atoms with Crippen LogP contribution in [0.15, 0.2) is 84.9 Å². The molecule has 0 saturated carbocycles. The zero-order chi connectivity index (χ0) is 17.8. The summed E-state index contributed by atoms with van der Waals surface area (Å²) in [5.74, 6) is 0. The molecule has 0 radical (unpaired) electrons. The van der Waals surface area contributed by atoms with Crippen LogP contribution in [0.3, 0.4) is 0 Å². The van der Waals surface area contributed by atoms with Gasteiger partial charge >= 0.3 is 0 Å². The maximum atomic E-state index is 4.44. The minimum Gasteiger partial charge on any atom is -0.296 e. The van der Waals surface area contributed by atoms with Crippen LogP contribution in [0.1, 0.15) is 19.5 Å². The lowest BCUT2D eigenvalue weighted by molar-refractivity contribution is 0.434. The van der Waals surface area contributed by atoms with Gasteiger partial charge in [-0.05, 0) is 42.8 Å². The van der Waals surface area contributed by atoms with Gasteiger partial charge in [0.15, 0.2) is 0 Å². The van der Waals surface area contributed by atoms with E-state index in [9.17, 15) is 0 Å². The molecule has 0 saturated heterocycles. The van der Waals surface area contributed by atoms with Crippen molar-refractivity contribution in [2.75, 3.05) is 10.4 Å².